The van der Waals surface area contributed by atoms with Crippen LogP contribution in [0.5, 0.6) is 0 Å². The first-order valence-corrected chi connectivity index (χ1v) is 5.71. The molecule has 1 N–H and O–H groups in total. The van der Waals surface area contributed by atoms with Gasteiger partial charge in [0, 0.05) is 11.4 Å². The number of benzene rings is 1. The molecule has 0 heterocycles. The SMILES string of the molecule is N#CCC(=O)Nc1cccc([N+](=O)[O-])c1CBr. The van der Waals surface area contributed by atoms with Crippen molar-refractivity contribution >= 4 is 33.2 Å². The fourth-order valence-electron chi connectivity index (χ4n) is 1.27. The zero-order valence-electron chi connectivity index (χ0n) is 8.64. The van der Waals surface area contributed by atoms with Crippen molar-refractivity contribution < 1.29 is 9.72 Å². The summed E-state index contributed by atoms with van der Waals surface area (Å²) in [4.78, 5) is 21.5. The topological polar surface area (TPSA) is 96.0 Å². The third kappa shape index (κ3) is 3.26. The Morgan fingerprint density at radius 1 is 1.59 bits per heavy atom. The van der Waals surface area contributed by atoms with Crippen molar-refractivity contribution in [2.24, 2.45) is 0 Å². The molecule has 0 aliphatic heterocycles. The molecular formula is C10H8BrN3O3. The molecule has 88 valence electrons. The first-order valence-electron chi connectivity index (χ1n) is 4.59. The molecule has 0 aromatic heterocycles. The Bertz CT molecular complexity index is 496. The Morgan fingerprint density at radius 3 is 2.82 bits per heavy atom. The number of nitro benzene ring substituents is 1. The van der Waals surface area contributed by atoms with E-state index in [2.05, 4.69) is 21.2 Å². The van der Waals surface area contributed by atoms with Gasteiger partial charge in [-0.1, -0.05) is 22.0 Å². The molecule has 0 aliphatic rings. The van der Waals surface area contributed by atoms with E-state index in [9.17, 15) is 14.9 Å². The number of nitro groups is 1. The van der Waals surface area contributed by atoms with Crippen molar-refractivity contribution in [3.8, 4) is 6.07 Å². The second-order valence-corrected chi connectivity index (χ2v) is 3.64. The molecule has 0 saturated carbocycles. The highest BCUT2D eigenvalue weighted by atomic mass is 79.9. The number of nitriles is 1. The standard InChI is InChI=1S/C10H8BrN3O3/c11-6-7-8(13-10(15)4-5-12)2-1-3-9(7)14(16)17/h1-3H,4,6H2,(H,13,15). The van der Waals surface area contributed by atoms with Crippen molar-refractivity contribution in [3.63, 3.8) is 0 Å². The second-order valence-electron chi connectivity index (χ2n) is 3.08. The molecule has 17 heavy (non-hydrogen) atoms. The Kier molecular flexibility index (Phi) is 4.60. The van der Waals surface area contributed by atoms with Crippen LogP contribution in [0, 0.1) is 21.4 Å². The summed E-state index contributed by atoms with van der Waals surface area (Å²) >= 11 is 3.14. The number of hydrogen-bond acceptors (Lipinski definition) is 4. The predicted molar refractivity (Wildman–Crippen MR) is 64.6 cm³/mol. The van der Waals surface area contributed by atoms with E-state index in [1.54, 1.807) is 12.1 Å². The number of rotatable bonds is 4. The van der Waals surface area contributed by atoms with Crippen LogP contribution >= 0.6 is 15.9 Å². The van der Waals surface area contributed by atoms with Gasteiger partial charge in [-0.05, 0) is 6.07 Å². The number of halogens is 1. The maximum absolute atomic E-state index is 11.2. The number of hydrogen-bond donors (Lipinski definition) is 1. The lowest BCUT2D eigenvalue weighted by Gasteiger charge is -2.08. The second kappa shape index (κ2) is 5.96. The van der Waals surface area contributed by atoms with E-state index in [0.717, 1.165) is 0 Å². The number of amides is 1. The molecular weight excluding hydrogens is 290 g/mol. The van der Waals surface area contributed by atoms with Crippen LogP contribution in [0.4, 0.5) is 11.4 Å². The van der Waals surface area contributed by atoms with Gasteiger partial charge in [0.1, 0.15) is 6.42 Å². The Hall–Kier alpha value is -1.94. The average molecular weight is 298 g/mol. The van der Waals surface area contributed by atoms with E-state index in [1.165, 1.54) is 12.1 Å². The van der Waals surface area contributed by atoms with Gasteiger partial charge in [0.15, 0.2) is 0 Å². The minimum atomic E-state index is -0.517. The number of carbonyl (C=O) groups excluding carboxylic acids is 1. The van der Waals surface area contributed by atoms with Crippen molar-refractivity contribution in [1.29, 1.82) is 5.26 Å². The first-order chi connectivity index (χ1) is 8.10. The van der Waals surface area contributed by atoms with Gasteiger partial charge in [0.05, 0.1) is 22.2 Å². The lowest BCUT2D eigenvalue weighted by molar-refractivity contribution is -0.385. The third-order valence-electron chi connectivity index (χ3n) is 2.00. The molecule has 0 bridgehead atoms. The molecule has 0 atom stereocenters. The van der Waals surface area contributed by atoms with Gasteiger partial charge in [-0.3, -0.25) is 14.9 Å². The highest BCUT2D eigenvalue weighted by Crippen LogP contribution is 2.28. The van der Waals surface area contributed by atoms with Crippen LogP contribution in [0.2, 0.25) is 0 Å². The van der Waals surface area contributed by atoms with Crippen LogP contribution in [-0.2, 0) is 10.1 Å². The summed E-state index contributed by atoms with van der Waals surface area (Å²) in [5.74, 6) is -0.491. The number of anilines is 1. The molecule has 1 rings (SSSR count). The minimum absolute atomic E-state index is 0.0726. The zero-order valence-corrected chi connectivity index (χ0v) is 10.2. The normalized spacial score (nSPS) is 9.41. The molecule has 0 aliphatic carbocycles. The maximum atomic E-state index is 11.2. The summed E-state index contributed by atoms with van der Waals surface area (Å²) in [7, 11) is 0. The maximum Gasteiger partial charge on any atom is 0.275 e. The highest BCUT2D eigenvalue weighted by molar-refractivity contribution is 9.08. The van der Waals surface area contributed by atoms with Crippen LogP contribution in [0.3, 0.4) is 0 Å². The van der Waals surface area contributed by atoms with Crippen LogP contribution in [-0.4, -0.2) is 10.8 Å². The quantitative estimate of drug-likeness (QED) is 0.524. The first kappa shape index (κ1) is 13.1. The zero-order chi connectivity index (χ0) is 12.8. The molecule has 1 aromatic carbocycles. The number of carbonyl (C=O) groups is 1. The Morgan fingerprint density at radius 2 is 2.29 bits per heavy atom. The fourth-order valence-corrected chi connectivity index (χ4v) is 1.86. The molecule has 0 saturated heterocycles. The van der Waals surface area contributed by atoms with Crippen molar-refractivity contribution in [1.82, 2.24) is 0 Å². The van der Waals surface area contributed by atoms with Crippen molar-refractivity contribution in [2.75, 3.05) is 5.32 Å². The average Bonchev–Trinajstić information content (AvgIpc) is 2.28. The summed E-state index contributed by atoms with van der Waals surface area (Å²) in [5.41, 5.74) is 0.650. The Labute approximate surface area is 106 Å². The molecule has 7 heteroatoms. The van der Waals surface area contributed by atoms with Gasteiger partial charge in [0.2, 0.25) is 5.91 Å². The Balaban J connectivity index is 3.08. The minimum Gasteiger partial charge on any atom is -0.325 e. The summed E-state index contributed by atoms with van der Waals surface area (Å²) in [6.07, 6.45) is -0.287. The number of nitrogens with zero attached hydrogens (tertiary/aromatic N) is 2. The van der Waals surface area contributed by atoms with Crippen LogP contribution in [0.15, 0.2) is 18.2 Å². The van der Waals surface area contributed by atoms with Gasteiger partial charge in [-0.15, -0.1) is 0 Å². The molecule has 1 aromatic rings. The van der Waals surface area contributed by atoms with Crippen LogP contribution in [0.25, 0.3) is 0 Å². The largest absolute Gasteiger partial charge is 0.325 e. The number of alkyl halides is 1. The summed E-state index contributed by atoms with van der Waals surface area (Å²) in [6.45, 7) is 0. The van der Waals surface area contributed by atoms with E-state index in [0.29, 0.717) is 11.3 Å². The summed E-state index contributed by atoms with van der Waals surface area (Å²) in [6, 6.07) is 6.10. The van der Waals surface area contributed by atoms with E-state index in [4.69, 9.17) is 5.26 Å². The molecule has 0 spiro atoms. The predicted octanol–water partition coefficient (Wildman–Crippen LogP) is 2.34. The fraction of sp³-hybridized carbons (Fsp3) is 0.200. The molecule has 0 radical (unpaired) electrons. The van der Waals surface area contributed by atoms with Gasteiger partial charge < -0.3 is 5.32 Å². The van der Waals surface area contributed by atoms with Gasteiger partial charge in [-0.2, -0.15) is 5.26 Å². The summed E-state index contributed by atoms with van der Waals surface area (Å²) < 4.78 is 0. The third-order valence-corrected chi connectivity index (χ3v) is 2.56. The van der Waals surface area contributed by atoms with E-state index in [-0.39, 0.29) is 17.4 Å². The molecule has 6 nitrogen and oxygen atoms in total. The van der Waals surface area contributed by atoms with Gasteiger partial charge in [-0.25, -0.2) is 0 Å². The van der Waals surface area contributed by atoms with E-state index >= 15 is 0 Å². The molecule has 1 amide bonds. The van der Waals surface area contributed by atoms with Crippen LogP contribution < -0.4 is 5.32 Å². The van der Waals surface area contributed by atoms with Crippen LogP contribution in [0.1, 0.15) is 12.0 Å². The van der Waals surface area contributed by atoms with E-state index in [1.807, 2.05) is 0 Å². The molecule has 0 unspecified atom stereocenters. The highest BCUT2D eigenvalue weighted by Gasteiger charge is 2.17. The van der Waals surface area contributed by atoms with E-state index < -0.39 is 10.8 Å². The smallest absolute Gasteiger partial charge is 0.275 e. The van der Waals surface area contributed by atoms with Crippen molar-refractivity contribution in [3.05, 3.63) is 33.9 Å². The molecule has 0 fully saturated rings. The summed E-state index contributed by atoms with van der Waals surface area (Å²) in [5, 5.41) is 21.8. The van der Waals surface area contributed by atoms with Crippen molar-refractivity contribution in [2.45, 2.75) is 11.8 Å². The monoisotopic (exact) mass is 297 g/mol. The number of nitrogens with one attached hydrogen (secondary N) is 1. The lowest BCUT2D eigenvalue weighted by Crippen LogP contribution is -2.12. The lowest BCUT2D eigenvalue weighted by atomic mass is 10.1. The van der Waals surface area contributed by atoms with Gasteiger partial charge in [0.25, 0.3) is 5.69 Å². The van der Waals surface area contributed by atoms with Gasteiger partial charge >= 0.3 is 0 Å².